The summed E-state index contributed by atoms with van der Waals surface area (Å²) in [6.45, 7) is 0. The van der Waals surface area contributed by atoms with Crippen molar-refractivity contribution < 1.29 is 39.3 Å². The maximum Gasteiger partial charge on any atom is 0.326 e. The van der Waals surface area contributed by atoms with Gasteiger partial charge in [-0.1, -0.05) is 18.2 Å². The predicted molar refractivity (Wildman–Crippen MR) is 115 cm³/mol. The highest BCUT2D eigenvalue weighted by Crippen LogP contribution is 2.18. The molecule has 2 amide bonds. The fourth-order valence-corrected chi connectivity index (χ4v) is 3.24. The van der Waals surface area contributed by atoms with Gasteiger partial charge in [0.05, 0.1) is 6.04 Å². The number of fused-ring (bicyclic) bond motifs is 1. The van der Waals surface area contributed by atoms with Crippen LogP contribution < -0.4 is 16.4 Å². The number of amides is 2. The lowest BCUT2D eigenvalue weighted by Gasteiger charge is -2.22. The summed E-state index contributed by atoms with van der Waals surface area (Å²) in [6.07, 6.45) is 0.196. The van der Waals surface area contributed by atoms with Crippen LogP contribution in [0.3, 0.4) is 0 Å². The van der Waals surface area contributed by atoms with Crippen molar-refractivity contribution in [1.82, 2.24) is 15.6 Å². The minimum Gasteiger partial charge on any atom is -0.481 e. The molecule has 3 atom stereocenters. The van der Waals surface area contributed by atoms with E-state index in [2.05, 4.69) is 15.6 Å². The Labute approximate surface area is 188 Å². The predicted octanol–water partition coefficient (Wildman–Crippen LogP) is -0.178. The average Bonchev–Trinajstić information content (AvgIpc) is 3.16. The minimum absolute atomic E-state index is 0.138. The van der Waals surface area contributed by atoms with Crippen molar-refractivity contribution in [2.75, 3.05) is 0 Å². The number of H-pyrrole nitrogens is 1. The van der Waals surface area contributed by atoms with Crippen molar-refractivity contribution in [3.05, 3.63) is 36.0 Å². The lowest BCUT2D eigenvalue weighted by Crippen LogP contribution is -2.54. The number of benzene rings is 1. The number of para-hydroxylation sites is 1. The van der Waals surface area contributed by atoms with E-state index in [1.165, 1.54) is 0 Å². The van der Waals surface area contributed by atoms with Crippen molar-refractivity contribution >= 4 is 40.6 Å². The Kier molecular flexibility index (Phi) is 8.92. The molecule has 0 spiro atoms. The summed E-state index contributed by atoms with van der Waals surface area (Å²) in [6, 6.07) is 3.46. The zero-order valence-corrected chi connectivity index (χ0v) is 17.6. The summed E-state index contributed by atoms with van der Waals surface area (Å²) in [4.78, 5) is 61.3. The third-order valence-corrected chi connectivity index (χ3v) is 4.99. The van der Waals surface area contributed by atoms with Crippen LogP contribution in [0.25, 0.3) is 10.9 Å². The van der Waals surface area contributed by atoms with E-state index in [1.54, 1.807) is 6.20 Å². The van der Waals surface area contributed by atoms with Crippen LogP contribution in [0.4, 0.5) is 0 Å². The number of carbonyl (C=O) groups is 5. The van der Waals surface area contributed by atoms with Crippen molar-refractivity contribution in [3.63, 3.8) is 0 Å². The van der Waals surface area contributed by atoms with Crippen molar-refractivity contribution in [1.29, 1.82) is 0 Å². The number of carboxylic acids is 3. The molecule has 3 unspecified atom stereocenters. The number of nitrogens with one attached hydrogen (secondary N) is 3. The van der Waals surface area contributed by atoms with Gasteiger partial charge in [0.2, 0.25) is 11.8 Å². The Morgan fingerprint density at radius 3 is 2.06 bits per heavy atom. The molecule has 1 heterocycles. The third kappa shape index (κ3) is 7.61. The van der Waals surface area contributed by atoms with Gasteiger partial charge < -0.3 is 36.7 Å². The zero-order chi connectivity index (χ0) is 24.5. The van der Waals surface area contributed by atoms with Crippen LogP contribution in [0.15, 0.2) is 30.5 Å². The van der Waals surface area contributed by atoms with Gasteiger partial charge in [0.15, 0.2) is 0 Å². The van der Waals surface area contributed by atoms with Gasteiger partial charge in [-0.15, -0.1) is 0 Å². The molecule has 12 nitrogen and oxygen atoms in total. The van der Waals surface area contributed by atoms with Gasteiger partial charge in [-0.05, 0) is 30.9 Å². The summed E-state index contributed by atoms with van der Waals surface area (Å²) in [5.41, 5.74) is 7.64. The topological polar surface area (TPSA) is 212 Å². The van der Waals surface area contributed by atoms with Gasteiger partial charge >= 0.3 is 17.9 Å². The first-order chi connectivity index (χ1) is 15.6. The molecule has 0 saturated carbocycles. The number of aliphatic carboxylic acids is 3. The summed E-state index contributed by atoms with van der Waals surface area (Å²) < 4.78 is 0. The Balaban J connectivity index is 2.07. The monoisotopic (exact) mass is 462 g/mol. The van der Waals surface area contributed by atoms with Crippen molar-refractivity contribution in [2.24, 2.45) is 5.73 Å². The van der Waals surface area contributed by atoms with E-state index in [0.29, 0.717) is 0 Å². The summed E-state index contributed by atoms with van der Waals surface area (Å²) in [7, 11) is 0. The fraction of sp³-hybridized carbons (Fsp3) is 0.381. The molecule has 2 aromatic rings. The number of carbonyl (C=O) groups excluding carboxylic acids is 2. The minimum atomic E-state index is -1.52. The average molecular weight is 462 g/mol. The normalized spacial score (nSPS) is 13.6. The molecule has 1 aromatic heterocycles. The molecule has 12 heteroatoms. The van der Waals surface area contributed by atoms with E-state index in [1.807, 2.05) is 24.3 Å². The van der Waals surface area contributed by atoms with E-state index >= 15 is 0 Å². The van der Waals surface area contributed by atoms with Gasteiger partial charge in [-0.25, -0.2) is 4.79 Å². The fourth-order valence-electron chi connectivity index (χ4n) is 3.24. The molecule has 0 bridgehead atoms. The van der Waals surface area contributed by atoms with Crippen LogP contribution >= 0.6 is 0 Å². The van der Waals surface area contributed by atoms with Crippen molar-refractivity contribution in [3.8, 4) is 0 Å². The van der Waals surface area contributed by atoms with Gasteiger partial charge in [0.1, 0.15) is 12.1 Å². The lowest BCUT2D eigenvalue weighted by molar-refractivity contribution is -0.144. The number of aromatic amines is 1. The van der Waals surface area contributed by atoms with E-state index in [0.717, 1.165) is 16.5 Å². The second kappa shape index (κ2) is 11.6. The molecule has 1 aromatic carbocycles. The Morgan fingerprint density at radius 2 is 1.45 bits per heavy atom. The number of aromatic nitrogens is 1. The van der Waals surface area contributed by atoms with Gasteiger partial charge in [0, 0.05) is 29.9 Å². The molecule has 0 saturated heterocycles. The molecule has 8 N–H and O–H groups in total. The molecular weight excluding hydrogens is 436 g/mol. The molecule has 178 valence electrons. The van der Waals surface area contributed by atoms with Crippen LogP contribution in [-0.4, -0.2) is 68.2 Å². The van der Waals surface area contributed by atoms with Gasteiger partial charge in [0.25, 0.3) is 0 Å². The quantitative estimate of drug-likeness (QED) is 0.210. The maximum atomic E-state index is 12.6. The SMILES string of the molecule is NC(Cc1c[nH]c2ccccc12)C(=O)NC(CCC(=O)O)C(=O)NC(CCC(=O)O)C(=O)O. The van der Waals surface area contributed by atoms with E-state index in [9.17, 15) is 29.1 Å². The van der Waals surface area contributed by atoms with E-state index < -0.39 is 60.7 Å². The van der Waals surface area contributed by atoms with Crippen LogP contribution in [0, 0.1) is 0 Å². The zero-order valence-electron chi connectivity index (χ0n) is 17.6. The van der Waals surface area contributed by atoms with Gasteiger partial charge in [-0.3, -0.25) is 19.2 Å². The molecule has 33 heavy (non-hydrogen) atoms. The number of carboxylic acid groups (broad SMARTS) is 3. The second-order valence-corrected chi connectivity index (χ2v) is 7.50. The largest absolute Gasteiger partial charge is 0.481 e. The Morgan fingerprint density at radius 1 is 0.879 bits per heavy atom. The summed E-state index contributed by atoms with van der Waals surface area (Å²) in [5.74, 6) is -5.57. The highest BCUT2D eigenvalue weighted by molar-refractivity contribution is 5.92. The molecular formula is C21H26N4O8. The first-order valence-electron chi connectivity index (χ1n) is 10.2. The van der Waals surface area contributed by atoms with Crippen LogP contribution in [0.2, 0.25) is 0 Å². The third-order valence-electron chi connectivity index (χ3n) is 4.99. The lowest BCUT2D eigenvalue weighted by atomic mass is 10.0. The standard InChI is InChI=1S/C21H26N4O8/c22-13(9-11-10-23-14-4-2-1-3-12(11)14)19(30)24-15(5-7-17(26)27)20(31)25-16(21(32)33)6-8-18(28)29/h1-4,10,13,15-16,23H,5-9,22H2,(H,24,30)(H,25,31)(H,26,27)(H,28,29)(H,32,33). The molecule has 0 aliphatic carbocycles. The maximum absolute atomic E-state index is 12.6. The Bertz CT molecular complexity index is 1030. The van der Waals surface area contributed by atoms with Crippen LogP contribution in [0.1, 0.15) is 31.2 Å². The summed E-state index contributed by atoms with van der Waals surface area (Å²) in [5, 5.41) is 32.3. The van der Waals surface area contributed by atoms with Gasteiger partial charge in [-0.2, -0.15) is 0 Å². The number of rotatable bonds is 13. The molecule has 0 radical (unpaired) electrons. The first-order valence-corrected chi connectivity index (χ1v) is 10.2. The highest BCUT2D eigenvalue weighted by atomic mass is 16.4. The van der Waals surface area contributed by atoms with E-state index in [-0.39, 0.29) is 19.3 Å². The first kappa shape index (κ1) is 25.3. The van der Waals surface area contributed by atoms with Crippen molar-refractivity contribution in [2.45, 2.75) is 50.2 Å². The second-order valence-electron chi connectivity index (χ2n) is 7.50. The van der Waals surface area contributed by atoms with Crippen LogP contribution in [-0.2, 0) is 30.4 Å². The summed E-state index contributed by atoms with van der Waals surface area (Å²) >= 11 is 0. The number of hydrogen-bond donors (Lipinski definition) is 7. The van der Waals surface area contributed by atoms with Crippen LogP contribution in [0.5, 0.6) is 0 Å². The number of nitrogens with two attached hydrogens (primary N) is 1. The smallest absolute Gasteiger partial charge is 0.326 e. The number of hydrogen-bond acceptors (Lipinski definition) is 6. The molecule has 2 rings (SSSR count). The molecule has 0 fully saturated rings. The molecule has 0 aliphatic heterocycles. The Hall–Kier alpha value is -3.93. The highest BCUT2D eigenvalue weighted by Gasteiger charge is 2.29. The van der Waals surface area contributed by atoms with E-state index in [4.69, 9.17) is 15.9 Å². The molecule has 0 aliphatic rings.